The maximum Gasteiger partial charge on any atom is 0.406 e. The summed E-state index contributed by atoms with van der Waals surface area (Å²) in [5, 5.41) is 9.00. The highest BCUT2D eigenvalue weighted by atomic mass is 32.1. The lowest BCUT2D eigenvalue weighted by Crippen LogP contribution is -2.36. The van der Waals surface area contributed by atoms with Crippen molar-refractivity contribution in [3.8, 4) is 0 Å². The lowest BCUT2D eigenvalue weighted by Gasteiger charge is -2.21. The molecule has 4 nitrogen and oxygen atoms in total. The number of aliphatic hydroxyl groups excluding tert-OH is 1. The molecule has 1 aromatic heterocycles. The van der Waals surface area contributed by atoms with Gasteiger partial charge < -0.3 is 10.0 Å². The first kappa shape index (κ1) is 15.2. The number of nitrogens with zero attached hydrogens (tertiary/aromatic N) is 3. The van der Waals surface area contributed by atoms with E-state index in [0.29, 0.717) is 5.82 Å². The zero-order valence-corrected chi connectivity index (χ0v) is 11.3. The Bertz CT molecular complexity index is 386. The summed E-state index contributed by atoms with van der Waals surface area (Å²) < 4.78 is 41.2. The van der Waals surface area contributed by atoms with Gasteiger partial charge in [-0.25, -0.2) is 4.98 Å². The van der Waals surface area contributed by atoms with Crippen LogP contribution in [-0.2, 0) is 5.41 Å². The third-order valence-corrected chi connectivity index (χ3v) is 2.87. The van der Waals surface area contributed by atoms with E-state index in [1.807, 2.05) is 20.8 Å². The summed E-state index contributed by atoms with van der Waals surface area (Å²) in [6, 6.07) is 0. The Balaban J connectivity index is 2.89. The van der Waals surface area contributed by atoms with Crippen LogP contribution in [-0.4, -0.2) is 40.3 Å². The topological polar surface area (TPSA) is 49.2 Å². The van der Waals surface area contributed by atoms with Crippen LogP contribution in [0.5, 0.6) is 0 Å². The van der Waals surface area contributed by atoms with Crippen LogP contribution in [0.4, 0.5) is 18.3 Å². The van der Waals surface area contributed by atoms with Gasteiger partial charge in [0.2, 0.25) is 5.13 Å². The number of aromatic nitrogens is 2. The molecule has 1 aromatic rings. The fraction of sp³-hybridized carbons (Fsp3) is 0.800. The van der Waals surface area contributed by atoms with Crippen molar-refractivity contribution in [1.82, 2.24) is 9.36 Å². The summed E-state index contributed by atoms with van der Waals surface area (Å²) in [5.74, 6) is 0.507. The lowest BCUT2D eigenvalue weighted by molar-refractivity contribution is -0.119. The van der Waals surface area contributed by atoms with Crippen LogP contribution < -0.4 is 4.90 Å². The third kappa shape index (κ3) is 4.41. The van der Waals surface area contributed by atoms with Gasteiger partial charge in [0, 0.05) is 23.5 Å². The zero-order valence-electron chi connectivity index (χ0n) is 10.5. The van der Waals surface area contributed by atoms with Gasteiger partial charge in [-0.15, -0.1) is 0 Å². The van der Waals surface area contributed by atoms with Gasteiger partial charge in [-0.05, 0) is 0 Å². The molecule has 0 fully saturated rings. The normalized spacial score (nSPS) is 12.8. The standard InChI is InChI=1S/C10H16F3N3OS/c1-9(2,3)7-14-8(18-15-7)16(4-5-17)6-10(11,12)13/h17H,4-6H2,1-3H3. The van der Waals surface area contributed by atoms with Gasteiger partial charge in [0.05, 0.1) is 6.61 Å². The number of hydrogen-bond donors (Lipinski definition) is 1. The first-order chi connectivity index (χ1) is 8.13. The average Bonchev–Trinajstić information content (AvgIpc) is 2.62. The minimum Gasteiger partial charge on any atom is -0.395 e. The lowest BCUT2D eigenvalue weighted by atomic mass is 9.96. The average molecular weight is 283 g/mol. The summed E-state index contributed by atoms with van der Waals surface area (Å²) in [5.41, 5.74) is -0.308. The highest BCUT2D eigenvalue weighted by Crippen LogP contribution is 2.27. The highest BCUT2D eigenvalue weighted by molar-refractivity contribution is 7.09. The molecule has 0 bridgehead atoms. The molecule has 104 valence electrons. The SMILES string of the molecule is CC(C)(C)c1nsc(N(CCO)CC(F)(F)F)n1. The number of alkyl halides is 3. The maximum atomic E-state index is 12.4. The van der Waals surface area contributed by atoms with E-state index in [4.69, 9.17) is 5.11 Å². The number of hydrogen-bond acceptors (Lipinski definition) is 5. The smallest absolute Gasteiger partial charge is 0.395 e. The fourth-order valence-electron chi connectivity index (χ4n) is 1.23. The summed E-state index contributed by atoms with van der Waals surface area (Å²) in [4.78, 5) is 5.10. The predicted octanol–water partition coefficient (Wildman–Crippen LogP) is 2.20. The van der Waals surface area contributed by atoms with Gasteiger partial charge in [0.15, 0.2) is 0 Å². The van der Waals surface area contributed by atoms with E-state index in [1.165, 1.54) is 0 Å². The molecule has 0 saturated carbocycles. The highest BCUT2D eigenvalue weighted by Gasteiger charge is 2.32. The van der Waals surface area contributed by atoms with Crippen molar-refractivity contribution >= 4 is 16.7 Å². The van der Waals surface area contributed by atoms with Crippen LogP contribution in [0.15, 0.2) is 0 Å². The monoisotopic (exact) mass is 283 g/mol. The number of halogens is 3. The minimum atomic E-state index is -4.33. The summed E-state index contributed by atoms with van der Waals surface area (Å²) in [6.07, 6.45) is -4.33. The second-order valence-corrected chi connectivity index (χ2v) is 5.64. The molecule has 0 aliphatic rings. The van der Waals surface area contributed by atoms with Crippen molar-refractivity contribution in [1.29, 1.82) is 0 Å². The van der Waals surface area contributed by atoms with E-state index < -0.39 is 12.7 Å². The van der Waals surface area contributed by atoms with Gasteiger partial charge in [-0.1, -0.05) is 20.8 Å². The van der Waals surface area contributed by atoms with E-state index in [-0.39, 0.29) is 23.7 Å². The summed E-state index contributed by atoms with van der Waals surface area (Å²) in [6.45, 7) is 4.06. The minimum absolute atomic E-state index is 0.113. The molecule has 0 spiro atoms. The number of aliphatic hydroxyl groups is 1. The molecular formula is C10H16F3N3OS. The van der Waals surface area contributed by atoms with Crippen molar-refractivity contribution in [2.24, 2.45) is 0 Å². The first-order valence-corrected chi connectivity index (χ1v) is 6.17. The van der Waals surface area contributed by atoms with E-state index in [2.05, 4.69) is 9.36 Å². The molecule has 0 unspecified atom stereocenters. The van der Waals surface area contributed by atoms with Crippen molar-refractivity contribution < 1.29 is 18.3 Å². The molecule has 0 radical (unpaired) electrons. The van der Waals surface area contributed by atoms with Crippen LogP contribution >= 0.6 is 11.5 Å². The summed E-state index contributed by atoms with van der Waals surface area (Å²) >= 11 is 0.919. The van der Waals surface area contributed by atoms with Crippen LogP contribution in [0.2, 0.25) is 0 Å². The van der Waals surface area contributed by atoms with Gasteiger partial charge >= 0.3 is 6.18 Å². The zero-order chi connectivity index (χ0) is 14.0. The molecular weight excluding hydrogens is 267 g/mol. The van der Waals surface area contributed by atoms with Crippen LogP contribution in [0.25, 0.3) is 0 Å². The van der Waals surface area contributed by atoms with Crippen molar-refractivity contribution in [2.75, 3.05) is 24.6 Å². The molecule has 0 amide bonds. The molecule has 1 rings (SSSR count). The Morgan fingerprint density at radius 1 is 1.28 bits per heavy atom. The van der Waals surface area contributed by atoms with Crippen molar-refractivity contribution in [3.63, 3.8) is 0 Å². The Hall–Kier alpha value is -0.890. The number of anilines is 1. The van der Waals surface area contributed by atoms with E-state index in [1.54, 1.807) is 0 Å². The second kappa shape index (κ2) is 5.40. The van der Waals surface area contributed by atoms with Crippen LogP contribution in [0.3, 0.4) is 0 Å². The molecule has 0 aliphatic heterocycles. The molecule has 1 heterocycles. The predicted molar refractivity (Wildman–Crippen MR) is 64.0 cm³/mol. The Morgan fingerprint density at radius 3 is 2.28 bits per heavy atom. The largest absolute Gasteiger partial charge is 0.406 e. The maximum absolute atomic E-state index is 12.4. The van der Waals surface area contributed by atoms with Gasteiger partial charge in [0.1, 0.15) is 12.4 Å². The van der Waals surface area contributed by atoms with Gasteiger partial charge in [0.25, 0.3) is 0 Å². The van der Waals surface area contributed by atoms with E-state index in [9.17, 15) is 13.2 Å². The fourth-order valence-corrected chi connectivity index (χ4v) is 2.11. The van der Waals surface area contributed by atoms with E-state index in [0.717, 1.165) is 16.4 Å². The molecule has 0 aliphatic carbocycles. The van der Waals surface area contributed by atoms with Gasteiger partial charge in [-0.2, -0.15) is 17.5 Å². The van der Waals surface area contributed by atoms with E-state index >= 15 is 0 Å². The Kier molecular flexibility index (Phi) is 4.55. The molecule has 0 atom stereocenters. The Morgan fingerprint density at radius 2 is 1.89 bits per heavy atom. The molecule has 0 saturated heterocycles. The molecule has 0 aromatic carbocycles. The second-order valence-electron chi connectivity index (χ2n) is 4.91. The van der Waals surface area contributed by atoms with Crippen LogP contribution in [0, 0.1) is 0 Å². The Labute approximate surface area is 108 Å². The summed E-state index contributed by atoms with van der Waals surface area (Å²) in [7, 11) is 0. The quantitative estimate of drug-likeness (QED) is 0.920. The number of rotatable bonds is 4. The van der Waals surface area contributed by atoms with Crippen molar-refractivity contribution in [2.45, 2.75) is 32.4 Å². The first-order valence-electron chi connectivity index (χ1n) is 5.40. The van der Waals surface area contributed by atoms with Gasteiger partial charge in [-0.3, -0.25) is 0 Å². The van der Waals surface area contributed by atoms with Crippen LogP contribution in [0.1, 0.15) is 26.6 Å². The molecule has 8 heteroatoms. The third-order valence-electron chi connectivity index (χ3n) is 2.10. The van der Waals surface area contributed by atoms with Crippen molar-refractivity contribution in [3.05, 3.63) is 5.82 Å². The molecule has 1 N–H and O–H groups in total. The molecule has 18 heavy (non-hydrogen) atoms.